The topological polar surface area (TPSA) is 82.6 Å². The molecule has 0 radical (unpaired) electrons. The summed E-state index contributed by atoms with van der Waals surface area (Å²) < 4.78 is 0. The van der Waals surface area contributed by atoms with Crippen LogP contribution in [0.2, 0.25) is 0 Å². The van der Waals surface area contributed by atoms with Gasteiger partial charge in [0.25, 0.3) is 11.8 Å². The van der Waals surface area contributed by atoms with Crippen LogP contribution in [-0.4, -0.2) is 39.8 Å². The first-order valence-electron chi connectivity index (χ1n) is 9.89. The van der Waals surface area contributed by atoms with Crippen molar-refractivity contribution in [2.45, 2.75) is 52.1 Å². The van der Waals surface area contributed by atoms with Crippen molar-refractivity contribution in [3.05, 3.63) is 40.4 Å². The lowest BCUT2D eigenvalue weighted by Gasteiger charge is -2.49. The van der Waals surface area contributed by atoms with Gasteiger partial charge in [0.2, 0.25) is 11.6 Å². The smallest absolute Gasteiger partial charge is 0.273 e. The summed E-state index contributed by atoms with van der Waals surface area (Å²) in [7, 11) is 0. The highest BCUT2D eigenvalue weighted by molar-refractivity contribution is 7.15. The number of aromatic nitrogens is 1. The van der Waals surface area contributed by atoms with E-state index in [1.165, 1.54) is 16.2 Å². The van der Waals surface area contributed by atoms with Crippen molar-refractivity contribution in [1.29, 1.82) is 0 Å². The van der Waals surface area contributed by atoms with Crippen LogP contribution in [0.25, 0.3) is 0 Å². The molecule has 3 heterocycles. The zero-order chi connectivity index (χ0) is 20.8. The summed E-state index contributed by atoms with van der Waals surface area (Å²) in [6.45, 7) is 6.28. The van der Waals surface area contributed by atoms with Gasteiger partial charge in [0, 0.05) is 24.3 Å². The van der Waals surface area contributed by atoms with E-state index in [2.05, 4.69) is 10.3 Å². The van der Waals surface area contributed by atoms with Gasteiger partial charge < -0.3 is 4.90 Å². The maximum Gasteiger partial charge on any atom is 0.273 e. The van der Waals surface area contributed by atoms with Gasteiger partial charge in [0.05, 0.1) is 16.9 Å². The molecule has 3 amide bonds. The quantitative estimate of drug-likeness (QED) is 0.815. The highest BCUT2D eigenvalue weighted by Gasteiger charge is 2.60. The van der Waals surface area contributed by atoms with Gasteiger partial charge in [-0.2, -0.15) is 0 Å². The Kier molecular flexibility index (Phi) is 4.90. The highest BCUT2D eigenvalue weighted by atomic mass is 32.1. The SMILES string of the molecule is CCCCN1C(=O)c2ccccc2N2C(=O)CC[C@]12C(=O)Nc1nc(C)c(C)s1. The van der Waals surface area contributed by atoms with Crippen LogP contribution in [0, 0.1) is 13.8 Å². The summed E-state index contributed by atoms with van der Waals surface area (Å²) in [5.41, 5.74) is 0.471. The van der Waals surface area contributed by atoms with E-state index in [0.29, 0.717) is 22.9 Å². The fourth-order valence-corrected chi connectivity index (χ4v) is 4.94. The van der Waals surface area contributed by atoms with Gasteiger partial charge in [-0.05, 0) is 32.4 Å². The number of fused-ring (bicyclic) bond motifs is 3. The summed E-state index contributed by atoms with van der Waals surface area (Å²) in [6, 6.07) is 7.03. The molecular formula is C21H24N4O3S. The van der Waals surface area contributed by atoms with Crippen molar-refractivity contribution < 1.29 is 14.4 Å². The van der Waals surface area contributed by atoms with Gasteiger partial charge in [-0.25, -0.2) is 4.98 Å². The zero-order valence-electron chi connectivity index (χ0n) is 16.8. The summed E-state index contributed by atoms with van der Waals surface area (Å²) in [4.78, 5) is 48.5. The molecule has 1 fully saturated rings. The lowest BCUT2D eigenvalue weighted by Crippen LogP contribution is -2.69. The third-order valence-corrected chi connectivity index (χ3v) is 6.71. The fraction of sp³-hybridized carbons (Fsp3) is 0.429. The van der Waals surface area contributed by atoms with E-state index in [0.717, 1.165) is 23.4 Å². The van der Waals surface area contributed by atoms with Crippen LogP contribution in [0.1, 0.15) is 53.5 Å². The van der Waals surface area contributed by atoms with E-state index >= 15 is 0 Å². The number of benzene rings is 1. The number of anilines is 2. The second-order valence-corrected chi connectivity index (χ2v) is 8.69. The Balaban J connectivity index is 1.82. The largest absolute Gasteiger partial charge is 0.307 e. The first-order valence-corrected chi connectivity index (χ1v) is 10.7. The van der Waals surface area contributed by atoms with Gasteiger partial charge in [-0.1, -0.05) is 25.5 Å². The third kappa shape index (κ3) is 2.93. The molecule has 2 aliphatic rings. The Morgan fingerprint density at radius 2 is 2.03 bits per heavy atom. The average molecular weight is 413 g/mol. The molecule has 29 heavy (non-hydrogen) atoms. The van der Waals surface area contributed by atoms with Crippen molar-refractivity contribution >= 4 is 39.9 Å². The summed E-state index contributed by atoms with van der Waals surface area (Å²) >= 11 is 1.39. The van der Waals surface area contributed by atoms with Crippen LogP contribution in [0.3, 0.4) is 0 Å². The molecule has 1 N–H and O–H groups in total. The summed E-state index contributed by atoms with van der Waals surface area (Å²) in [5, 5.41) is 3.38. The Hall–Kier alpha value is -2.74. The first kappa shape index (κ1) is 19.6. The number of hydrogen-bond acceptors (Lipinski definition) is 5. The van der Waals surface area contributed by atoms with Crippen LogP contribution in [0.15, 0.2) is 24.3 Å². The number of hydrogen-bond donors (Lipinski definition) is 1. The number of para-hydroxylation sites is 1. The molecule has 0 unspecified atom stereocenters. The number of aryl methyl sites for hydroxylation is 2. The molecule has 1 aromatic carbocycles. The first-order chi connectivity index (χ1) is 13.9. The second kappa shape index (κ2) is 7.26. The molecule has 0 bridgehead atoms. The van der Waals surface area contributed by atoms with E-state index in [1.54, 1.807) is 29.2 Å². The number of thiazole rings is 1. The molecule has 152 valence electrons. The molecule has 8 heteroatoms. The van der Waals surface area contributed by atoms with Gasteiger partial charge in [-0.15, -0.1) is 11.3 Å². The molecule has 7 nitrogen and oxygen atoms in total. The molecule has 2 aliphatic heterocycles. The molecule has 0 aliphatic carbocycles. The number of nitrogens with one attached hydrogen (secondary N) is 1. The number of carbonyl (C=O) groups is 3. The Morgan fingerprint density at radius 3 is 2.72 bits per heavy atom. The van der Waals surface area contributed by atoms with Crippen LogP contribution in [0.4, 0.5) is 10.8 Å². The van der Waals surface area contributed by atoms with E-state index in [9.17, 15) is 14.4 Å². The molecule has 2 aromatic rings. The lowest BCUT2D eigenvalue weighted by atomic mass is 9.95. The number of nitrogens with zero attached hydrogens (tertiary/aromatic N) is 3. The van der Waals surface area contributed by atoms with Gasteiger partial charge >= 0.3 is 0 Å². The van der Waals surface area contributed by atoms with Crippen LogP contribution < -0.4 is 10.2 Å². The molecule has 1 saturated heterocycles. The summed E-state index contributed by atoms with van der Waals surface area (Å²) in [5.74, 6) is -0.731. The molecule has 0 spiro atoms. The normalized spacial score (nSPS) is 20.7. The number of carbonyl (C=O) groups excluding carboxylic acids is 3. The van der Waals surface area contributed by atoms with Crippen LogP contribution in [0.5, 0.6) is 0 Å². The van der Waals surface area contributed by atoms with Gasteiger partial charge in [0.15, 0.2) is 5.13 Å². The second-order valence-electron chi connectivity index (χ2n) is 7.49. The Bertz CT molecular complexity index is 982. The maximum atomic E-state index is 13.6. The minimum atomic E-state index is -1.36. The lowest BCUT2D eigenvalue weighted by molar-refractivity contribution is -0.129. The van der Waals surface area contributed by atoms with E-state index in [-0.39, 0.29) is 30.6 Å². The number of unbranched alkanes of at least 4 members (excludes halogenated alkanes) is 1. The Morgan fingerprint density at radius 1 is 1.28 bits per heavy atom. The monoisotopic (exact) mass is 412 g/mol. The van der Waals surface area contributed by atoms with Crippen molar-refractivity contribution in [3.8, 4) is 0 Å². The summed E-state index contributed by atoms with van der Waals surface area (Å²) in [6.07, 6.45) is 2.11. The molecular weight excluding hydrogens is 388 g/mol. The van der Waals surface area contributed by atoms with Crippen molar-refractivity contribution in [2.24, 2.45) is 0 Å². The molecule has 4 rings (SSSR count). The van der Waals surface area contributed by atoms with Crippen molar-refractivity contribution in [2.75, 3.05) is 16.8 Å². The fourth-order valence-electron chi connectivity index (χ4n) is 4.13. The third-order valence-electron chi connectivity index (χ3n) is 5.72. The number of rotatable bonds is 5. The van der Waals surface area contributed by atoms with Gasteiger partial charge in [-0.3, -0.25) is 24.6 Å². The minimum absolute atomic E-state index is 0.145. The van der Waals surface area contributed by atoms with Crippen LogP contribution in [-0.2, 0) is 9.59 Å². The maximum absolute atomic E-state index is 13.6. The van der Waals surface area contributed by atoms with E-state index in [4.69, 9.17) is 0 Å². The zero-order valence-corrected chi connectivity index (χ0v) is 17.6. The van der Waals surface area contributed by atoms with Crippen LogP contribution >= 0.6 is 11.3 Å². The minimum Gasteiger partial charge on any atom is -0.307 e. The molecule has 1 atom stereocenters. The van der Waals surface area contributed by atoms with Crippen molar-refractivity contribution in [3.63, 3.8) is 0 Å². The predicted octanol–water partition coefficient (Wildman–Crippen LogP) is 3.48. The average Bonchev–Trinajstić information content (AvgIpc) is 3.21. The van der Waals surface area contributed by atoms with Crippen molar-refractivity contribution in [1.82, 2.24) is 9.88 Å². The Labute approximate surface area is 173 Å². The van der Waals surface area contributed by atoms with E-state index in [1.807, 2.05) is 20.8 Å². The van der Waals surface area contributed by atoms with Gasteiger partial charge in [0.1, 0.15) is 0 Å². The number of amides is 3. The standard InChI is InChI=1S/C21H24N4O3S/c1-4-5-12-24-18(27)15-8-6-7-9-16(15)25-17(26)10-11-21(24,25)19(28)23-20-22-13(2)14(3)29-20/h6-9H,4-5,10-12H2,1-3H3,(H,22,23,28)/t21-/m0/s1. The molecule has 1 aromatic heterocycles. The molecule has 0 saturated carbocycles. The predicted molar refractivity (Wildman–Crippen MR) is 112 cm³/mol. The van der Waals surface area contributed by atoms with E-state index < -0.39 is 5.66 Å². The highest BCUT2D eigenvalue weighted by Crippen LogP contribution is 2.45.